The van der Waals surface area contributed by atoms with Gasteiger partial charge >= 0.3 is 0 Å². The molecule has 18 heavy (non-hydrogen) atoms. The third kappa shape index (κ3) is 2.88. The van der Waals surface area contributed by atoms with Gasteiger partial charge in [-0.2, -0.15) is 0 Å². The summed E-state index contributed by atoms with van der Waals surface area (Å²) < 4.78 is 13.6. The first-order valence-corrected chi connectivity index (χ1v) is 6.35. The first-order chi connectivity index (χ1) is 8.56. The van der Waals surface area contributed by atoms with Crippen LogP contribution in [0.3, 0.4) is 0 Å². The van der Waals surface area contributed by atoms with Gasteiger partial charge in [0.25, 0.3) is 0 Å². The van der Waals surface area contributed by atoms with Crippen LogP contribution < -0.4 is 11.1 Å². The van der Waals surface area contributed by atoms with E-state index in [1.807, 2.05) is 0 Å². The van der Waals surface area contributed by atoms with Gasteiger partial charge in [-0.05, 0) is 42.9 Å². The number of carbonyl (C=O) groups excluding carboxylic acids is 1. The number of benzene rings is 1. The molecule has 0 radical (unpaired) electrons. The number of primary amides is 1. The van der Waals surface area contributed by atoms with Crippen molar-refractivity contribution in [3.8, 4) is 0 Å². The second kappa shape index (κ2) is 5.06. The van der Waals surface area contributed by atoms with Gasteiger partial charge in [-0.25, -0.2) is 4.39 Å². The first kappa shape index (κ1) is 13.0. The van der Waals surface area contributed by atoms with Gasteiger partial charge in [-0.15, -0.1) is 0 Å². The van der Waals surface area contributed by atoms with Gasteiger partial charge in [0.15, 0.2) is 0 Å². The third-order valence-electron chi connectivity index (χ3n) is 3.85. The van der Waals surface area contributed by atoms with Crippen molar-refractivity contribution in [2.75, 3.05) is 6.54 Å². The average Bonchev–Trinajstić information content (AvgIpc) is 3.12. The number of nitrogens with one attached hydrogen (secondary N) is 1. The smallest absolute Gasteiger partial charge is 0.248 e. The molecule has 0 spiro atoms. The predicted octanol–water partition coefficient (Wildman–Crippen LogP) is 2.20. The zero-order valence-corrected chi connectivity index (χ0v) is 10.6. The van der Waals surface area contributed by atoms with Crippen LogP contribution in [-0.4, -0.2) is 12.5 Å². The maximum Gasteiger partial charge on any atom is 0.248 e. The van der Waals surface area contributed by atoms with E-state index < -0.39 is 5.91 Å². The molecular weight excluding hydrogens is 231 g/mol. The van der Waals surface area contributed by atoms with Gasteiger partial charge in [0.1, 0.15) is 5.82 Å². The van der Waals surface area contributed by atoms with Crippen LogP contribution in [0.1, 0.15) is 42.1 Å². The van der Waals surface area contributed by atoms with E-state index in [-0.39, 0.29) is 5.82 Å². The first-order valence-electron chi connectivity index (χ1n) is 6.35. The molecule has 1 fully saturated rings. The Balaban J connectivity index is 1.96. The number of hydrogen-bond donors (Lipinski definition) is 2. The van der Waals surface area contributed by atoms with Crippen molar-refractivity contribution < 1.29 is 9.18 Å². The average molecular weight is 250 g/mol. The third-order valence-corrected chi connectivity index (χ3v) is 3.85. The molecule has 0 heterocycles. The van der Waals surface area contributed by atoms with Crippen molar-refractivity contribution in [2.24, 2.45) is 11.1 Å². The summed E-state index contributed by atoms with van der Waals surface area (Å²) in [5, 5.41) is 3.27. The molecule has 0 saturated heterocycles. The number of hydrogen-bond acceptors (Lipinski definition) is 2. The Kier molecular flexibility index (Phi) is 3.66. The topological polar surface area (TPSA) is 55.1 Å². The summed E-state index contributed by atoms with van der Waals surface area (Å²) in [7, 11) is 0. The minimum absolute atomic E-state index is 0.297. The standard InChI is InChI=1S/C14H19FN2O/c1-2-14(5-6-14)9-17-8-11-7-10(13(16)18)3-4-12(11)15/h3-4,7,17H,2,5-6,8-9H2,1H3,(H2,16,18). The molecule has 1 aromatic carbocycles. The number of rotatable bonds is 6. The highest BCUT2D eigenvalue weighted by Crippen LogP contribution is 2.47. The van der Waals surface area contributed by atoms with Crippen molar-refractivity contribution in [3.05, 3.63) is 35.1 Å². The Hall–Kier alpha value is -1.42. The highest BCUT2D eigenvalue weighted by molar-refractivity contribution is 5.92. The van der Waals surface area contributed by atoms with Crippen molar-refractivity contribution in [2.45, 2.75) is 32.7 Å². The van der Waals surface area contributed by atoms with Crippen LogP contribution in [0, 0.1) is 11.2 Å². The largest absolute Gasteiger partial charge is 0.366 e. The summed E-state index contributed by atoms with van der Waals surface area (Å²) in [5.74, 6) is -0.822. The van der Waals surface area contributed by atoms with E-state index in [1.54, 1.807) is 0 Å². The van der Waals surface area contributed by atoms with Gasteiger partial charge < -0.3 is 11.1 Å². The molecule has 1 amide bonds. The van der Waals surface area contributed by atoms with Crippen LogP contribution in [0.4, 0.5) is 4.39 Å². The summed E-state index contributed by atoms with van der Waals surface area (Å²) in [6.07, 6.45) is 3.66. The van der Waals surface area contributed by atoms with Crippen LogP contribution in [0.5, 0.6) is 0 Å². The lowest BCUT2D eigenvalue weighted by atomic mass is 10.0. The molecule has 3 nitrogen and oxygen atoms in total. The van der Waals surface area contributed by atoms with Crippen LogP contribution in [0.15, 0.2) is 18.2 Å². The molecule has 0 aromatic heterocycles. The van der Waals surface area contributed by atoms with Gasteiger partial charge in [0.2, 0.25) is 5.91 Å². The number of halogens is 1. The molecule has 1 aliphatic carbocycles. The van der Waals surface area contributed by atoms with Crippen LogP contribution in [-0.2, 0) is 6.54 Å². The summed E-state index contributed by atoms with van der Waals surface area (Å²) >= 11 is 0. The van der Waals surface area contributed by atoms with Crippen LogP contribution in [0.2, 0.25) is 0 Å². The Labute approximate surface area is 107 Å². The summed E-state index contributed by atoms with van der Waals surface area (Å²) in [6.45, 7) is 3.53. The van der Waals surface area contributed by atoms with E-state index in [0.29, 0.717) is 23.1 Å². The Bertz CT molecular complexity index is 455. The van der Waals surface area contributed by atoms with E-state index in [4.69, 9.17) is 5.73 Å². The molecule has 1 aliphatic rings. The molecule has 0 atom stereocenters. The van der Waals surface area contributed by atoms with Crippen LogP contribution >= 0.6 is 0 Å². The minimum Gasteiger partial charge on any atom is -0.366 e. The minimum atomic E-state index is -0.525. The Morgan fingerprint density at radius 1 is 1.50 bits per heavy atom. The van der Waals surface area contributed by atoms with Gasteiger partial charge in [0.05, 0.1) is 0 Å². The molecule has 98 valence electrons. The lowest BCUT2D eigenvalue weighted by molar-refractivity contribution is 0.1000. The monoisotopic (exact) mass is 250 g/mol. The zero-order valence-electron chi connectivity index (χ0n) is 10.6. The second-order valence-electron chi connectivity index (χ2n) is 5.13. The van der Waals surface area contributed by atoms with Gasteiger partial charge in [-0.1, -0.05) is 6.92 Å². The maximum absolute atomic E-state index is 13.6. The van der Waals surface area contributed by atoms with Crippen molar-refractivity contribution in [1.82, 2.24) is 5.32 Å². The Morgan fingerprint density at radius 2 is 2.22 bits per heavy atom. The van der Waals surface area contributed by atoms with Gasteiger partial charge in [0, 0.05) is 24.2 Å². The SMILES string of the molecule is CCC1(CNCc2cc(C(N)=O)ccc2F)CC1. The fourth-order valence-electron chi connectivity index (χ4n) is 2.16. The highest BCUT2D eigenvalue weighted by atomic mass is 19.1. The number of amides is 1. The van der Waals surface area contributed by atoms with E-state index in [2.05, 4.69) is 12.2 Å². The van der Waals surface area contributed by atoms with Crippen molar-refractivity contribution in [3.63, 3.8) is 0 Å². The summed E-state index contributed by atoms with van der Waals surface area (Å²) in [5.41, 5.74) is 6.46. The van der Waals surface area contributed by atoms with Crippen LogP contribution in [0.25, 0.3) is 0 Å². The normalized spacial score (nSPS) is 16.6. The maximum atomic E-state index is 13.6. The number of carbonyl (C=O) groups is 1. The molecule has 0 aliphatic heterocycles. The fraction of sp³-hybridized carbons (Fsp3) is 0.500. The molecule has 0 bridgehead atoms. The summed E-state index contributed by atoms with van der Waals surface area (Å²) in [6, 6.07) is 4.23. The van der Waals surface area contributed by atoms with E-state index in [1.165, 1.54) is 31.0 Å². The summed E-state index contributed by atoms with van der Waals surface area (Å²) in [4.78, 5) is 11.0. The highest BCUT2D eigenvalue weighted by Gasteiger charge is 2.39. The zero-order chi connectivity index (χ0) is 13.2. The van der Waals surface area contributed by atoms with Crippen molar-refractivity contribution in [1.29, 1.82) is 0 Å². The second-order valence-corrected chi connectivity index (χ2v) is 5.13. The van der Waals surface area contributed by atoms with E-state index >= 15 is 0 Å². The molecule has 3 N–H and O–H groups in total. The van der Waals surface area contributed by atoms with E-state index in [0.717, 1.165) is 13.0 Å². The molecular formula is C14H19FN2O. The quantitative estimate of drug-likeness (QED) is 0.813. The van der Waals surface area contributed by atoms with E-state index in [9.17, 15) is 9.18 Å². The molecule has 2 rings (SSSR count). The number of nitrogens with two attached hydrogens (primary N) is 1. The fourth-order valence-corrected chi connectivity index (χ4v) is 2.16. The predicted molar refractivity (Wildman–Crippen MR) is 68.6 cm³/mol. The van der Waals surface area contributed by atoms with Gasteiger partial charge in [-0.3, -0.25) is 4.79 Å². The molecule has 1 aromatic rings. The van der Waals surface area contributed by atoms with Crippen molar-refractivity contribution >= 4 is 5.91 Å². The lowest BCUT2D eigenvalue weighted by Crippen LogP contribution is -2.24. The Morgan fingerprint density at radius 3 is 2.78 bits per heavy atom. The molecule has 0 unspecified atom stereocenters. The molecule has 1 saturated carbocycles. The molecule has 4 heteroatoms. The lowest BCUT2D eigenvalue weighted by Gasteiger charge is -2.14.